The lowest BCUT2D eigenvalue weighted by atomic mass is 10.2. The Morgan fingerprint density at radius 1 is 1.11 bits per heavy atom. The first-order valence-electron chi connectivity index (χ1n) is 8.74. The van der Waals surface area contributed by atoms with Crippen LogP contribution in [0.15, 0.2) is 36.4 Å². The number of nitrogens with one attached hydrogen (secondary N) is 1. The summed E-state index contributed by atoms with van der Waals surface area (Å²) >= 11 is 0. The number of halogens is 2. The van der Waals surface area contributed by atoms with Gasteiger partial charge in [-0.25, -0.2) is 8.78 Å². The highest BCUT2D eigenvalue weighted by Gasteiger charge is 2.15. The van der Waals surface area contributed by atoms with Crippen LogP contribution in [0, 0.1) is 11.6 Å². The largest absolute Gasteiger partial charge is 0.493 e. The summed E-state index contributed by atoms with van der Waals surface area (Å²) in [7, 11) is 1.57. The van der Waals surface area contributed by atoms with Crippen molar-refractivity contribution in [1.29, 1.82) is 0 Å². The number of rotatable bonds is 9. The standard InChI is InChI=1S/C20H24F2N2O3/c1-4-24(12-14-9-10-17(27-5-2)18(11-14)26-3)13-19(25)23-20-15(21)7-6-8-16(20)22/h6-11H,4-5,12-13H2,1-3H3,(H,23,25). The van der Waals surface area contributed by atoms with Gasteiger partial charge in [-0.2, -0.15) is 0 Å². The predicted molar refractivity (Wildman–Crippen MR) is 100 cm³/mol. The molecule has 1 N–H and O–H groups in total. The Kier molecular flexibility index (Phi) is 7.55. The van der Waals surface area contributed by atoms with Crippen LogP contribution >= 0.6 is 0 Å². The highest BCUT2D eigenvalue weighted by Crippen LogP contribution is 2.28. The topological polar surface area (TPSA) is 50.8 Å². The van der Waals surface area contributed by atoms with Crippen molar-refractivity contribution in [3.8, 4) is 11.5 Å². The Balaban J connectivity index is 2.03. The maximum Gasteiger partial charge on any atom is 0.238 e. The monoisotopic (exact) mass is 378 g/mol. The SMILES string of the molecule is CCOc1ccc(CN(CC)CC(=O)Nc2c(F)cccc2F)cc1OC. The van der Waals surface area contributed by atoms with E-state index in [1.807, 2.05) is 36.9 Å². The summed E-state index contributed by atoms with van der Waals surface area (Å²) in [4.78, 5) is 14.1. The van der Waals surface area contributed by atoms with Crippen molar-refractivity contribution in [1.82, 2.24) is 4.90 Å². The fourth-order valence-electron chi connectivity index (χ4n) is 2.62. The fourth-order valence-corrected chi connectivity index (χ4v) is 2.62. The molecule has 0 radical (unpaired) electrons. The number of para-hydroxylation sites is 1. The van der Waals surface area contributed by atoms with Gasteiger partial charge in [0, 0.05) is 6.54 Å². The Morgan fingerprint density at radius 2 is 1.81 bits per heavy atom. The van der Waals surface area contributed by atoms with Crippen LogP contribution in [0.2, 0.25) is 0 Å². The molecule has 0 atom stereocenters. The number of ether oxygens (including phenoxy) is 2. The summed E-state index contributed by atoms with van der Waals surface area (Å²) in [5, 5.41) is 2.30. The zero-order valence-corrected chi connectivity index (χ0v) is 15.7. The second kappa shape index (κ2) is 9.87. The molecule has 0 unspecified atom stereocenters. The van der Waals surface area contributed by atoms with Crippen molar-refractivity contribution in [3.05, 3.63) is 53.6 Å². The van der Waals surface area contributed by atoms with E-state index in [1.54, 1.807) is 7.11 Å². The van der Waals surface area contributed by atoms with E-state index in [2.05, 4.69) is 5.32 Å². The van der Waals surface area contributed by atoms with E-state index in [0.717, 1.165) is 17.7 Å². The van der Waals surface area contributed by atoms with Gasteiger partial charge in [-0.05, 0) is 43.3 Å². The smallest absolute Gasteiger partial charge is 0.238 e. The molecule has 0 saturated heterocycles. The first kappa shape index (κ1) is 20.6. The zero-order chi connectivity index (χ0) is 19.8. The normalized spacial score (nSPS) is 10.7. The van der Waals surface area contributed by atoms with Crippen LogP contribution in [0.5, 0.6) is 11.5 Å². The molecule has 0 aromatic heterocycles. The highest BCUT2D eigenvalue weighted by atomic mass is 19.1. The highest BCUT2D eigenvalue weighted by molar-refractivity contribution is 5.92. The first-order valence-corrected chi connectivity index (χ1v) is 8.74. The molecule has 0 aliphatic rings. The van der Waals surface area contributed by atoms with Gasteiger partial charge in [-0.1, -0.05) is 19.1 Å². The van der Waals surface area contributed by atoms with Crippen molar-refractivity contribution >= 4 is 11.6 Å². The first-order chi connectivity index (χ1) is 13.0. The van der Waals surface area contributed by atoms with Gasteiger partial charge in [0.1, 0.15) is 17.3 Å². The van der Waals surface area contributed by atoms with Gasteiger partial charge in [-0.15, -0.1) is 0 Å². The number of hydrogen-bond acceptors (Lipinski definition) is 4. The van der Waals surface area contributed by atoms with Crippen molar-refractivity contribution in [3.63, 3.8) is 0 Å². The minimum atomic E-state index is -0.803. The van der Waals surface area contributed by atoms with Gasteiger partial charge in [0.25, 0.3) is 0 Å². The van der Waals surface area contributed by atoms with Crippen LogP contribution in [0.25, 0.3) is 0 Å². The number of likely N-dealkylation sites (N-methyl/N-ethyl adjacent to an activating group) is 1. The molecule has 0 spiro atoms. The minimum absolute atomic E-state index is 0.000197. The molecule has 27 heavy (non-hydrogen) atoms. The van der Waals surface area contributed by atoms with Gasteiger partial charge in [-0.3, -0.25) is 9.69 Å². The maximum atomic E-state index is 13.7. The number of benzene rings is 2. The number of methoxy groups -OCH3 is 1. The second-order valence-electron chi connectivity index (χ2n) is 5.87. The van der Waals surface area contributed by atoms with E-state index in [-0.39, 0.29) is 6.54 Å². The lowest BCUT2D eigenvalue weighted by molar-refractivity contribution is -0.117. The molecule has 5 nitrogen and oxygen atoms in total. The Labute approximate surface area is 157 Å². The van der Waals surface area contributed by atoms with Crippen molar-refractivity contribution < 1.29 is 23.0 Å². The van der Waals surface area contributed by atoms with E-state index >= 15 is 0 Å². The molecular weight excluding hydrogens is 354 g/mol. The van der Waals surface area contributed by atoms with E-state index in [0.29, 0.717) is 31.2 Å². The molecule has 146 valence electrons. The molecule has 0 bridgehead atoms. The lowest BCUT2D eigenvalue weighted by Crippen LogP contribution is -2.33. The number of nitrogens with zero attached hydrogens (tertiary/aromatic N) is 1. The molecule has 0 aliphatic carbocycles. The molecular formula is C20H24F2N2O3. The zero-order valence-electron chi connectivity index (χ0n) is 15.7. The summed E-state index contributed by atoms with van der Waals surface area (Å²) < 4.78 is 38.2. The number of anilines is 1. The average Bonchev–Trinajstić information content (AvgIpc) is 2.65. The van der Waals surface area contributed by atoms with Crippen molar-refractivity contribution in [2.75, 3.05) is 32.1 Å². The number of carbonyl (C=O) groups excluding carboxylic acids is 1. The molecule has 7 heteroatoms. The number of amides is 1. The van der Waals surface area contributed by atoms with E-state index in [4.69, 9.17) is 9.47 Å². The molecule has 0 fully saturated rings. The quantitative estimate of drug-likeness (QED) is 0.721. The third kappa shape index (κ3) is 5.65. The third-order valence-electron chi connectivity index (χ3n) is 3.98. The van der Waals surface area contributed by atoms with Gasteiger partial charge < -0.3 is 14.8 Å². The molecule has 2 rings (SSSR count). The average molecular weight is 378 g/mol. The Hall–Kier alpha value is -2.67. The summed E-state index contributed by atoms with van der Waals surface area (Å²) in [5.74, 6) is -0.827. The predicted octanol–water partition coefficient (Wildman–Crippen LogP) is 3.83. The number of hydrogen-bond donors (Lipinski definition) is 1. The fraction of sp³-hybridized carbons (Fsp3) is 0.350. The summed E-state index contributed by atoms with van der Waals surface area (Å²) in [6.45, 7) is 5.39. The van der Waals surface area contributed by atoms with Gasteiger partial charge in [0.15, 0.2) is 11.5 Å². The molecule has 2 aromatic carbocycles. The van der Waals surface area contributed by atoms with Gasteiger partial charge in [0.05, 0.1) is 20.3 Å². The number of carbonyl (C=O) groups is 1. The molecule has 2 aromatic rings. The van der Waals surface area contributed by atoms with Gasteiger partial charge in [0.2, 0.25) is 5.91 Å². The van der Waals surface area contributed by atoms with Gasteiger partial charge >= 0.3 is 0 Å². The maximum absolute atomic E-state index is 13.7. The molecule has 0 saturated carbocycles. The van der Waals surface area contributed by atoms with Crippen LogP contribution in [0.3, 0.4) is 0 Å². The van der Waals surface area contributed by atoms with Crippen LogP contribution in [-0.2, 0) is 11.3 Å². The second-order valence-corrected chi connectivity index (χ2v) is 5.87. The molecule has 0 aliphatic heterocycles. The lowest BCUT2D eigenvalue weighted by Gasteiger charge is -2.21. The van der Waals surface area contributed by atoms with E-state index < -0.39 is 23.2 Å². The third-order valence-corrected chi connectivity index (χ3v) is 3.98. The molecule has 1 amide bonds. The van der Waals surface area contributed by atoms with Crippen molar-refractivity contribution in [2.24, 2.45) is 0 Å². The van der Waals surface area contributed by atoms with Crippen LogP contribution in [-0.4, -0.2) is 37.6 Å². The van der Waals surface area contributed by atoms with E-state index in [9.17, 15) is 13.6 Å². The van der Waals surface area contributed by atoms with Crippen LogP contribution in [0.4, 0.5) is 14.5 Å². The minimum Gasteiger partial charge on any atom is -0.493 e. The Bertz CT molecular complexity index is 764. The van der Waals surface area contributed by atoms with Crippen LogP contribution in [0.1, 0.15) is 19.4 Å². The summed E-state index contributed by atoms with van der Waals surface area (Å²) in [6.07, 6.45) is 0. The molecule has 0 heterocycles. The van der Waals surface area contributed by atoms with Crippen molar-refractivity contribution in [2.45, 2.75) is 20.4 Å². The summed E-state index contributed by atoms with van der Waals surface area (Å²) in [6, 6.07) is 9.01. The van der Waals surface area contributed by atoms with E-state index in [1.165, 1.54) is 6.07 Å². The summed E-state index contributed by atoms with van der Waals surface area (Å²) in [5.41, 5.74) is 0.503. The van der Waals surface area contributed by atoms with Crippen LogP contribution < -0.4 is 14.8 Å². The Morgan fingerprint density at radius 3 is 2.41 bits per heavy atom.